The molecular weight excluding hydrogens is 238 g/mol. The molecule has 0 aromatic carbocycles. The SMILES string of the molecule is CCC(CC)(CO)Nc1ncc(C#N)cc1Cl. The molecule has 0 aliphatic rings. The van der Waals surface area contributed by atoms with Crippen LogP contribution in [0.3, 0.4) is 0 Å². The molecule has 1 aromatic rings. The zero-order chi connectivity index (χ0) is 12.9. The Morgan fingerprint density at radius 2 is 2.18 bits per heavy atom. The van der Waals surface area contributed by atoms with Crippen LogP contribution in [0.5, 0.6) is 0 Å². The van der Waals surface area contributed by atoms with Crippen LogP contribution in [0.4, 0.5) is 5.82 Å². The Morgan fingerprint density at radius 3 is 2.59 bits per heavy atom. The van der Waals surface area contributed by atoms with Crippen molar-refractivity contribution in [2.45, 2.75) is 32.2 Å². The Labute approximate surface area is 106 Å². The number of aromatic nitrogens is 1. The number of rotatable bonds is 5. The lowest BCUT2D eigenvalue weighted by molar-refractivity contribution is 0.202. The van der Waals surface area contributed by atoms with Crippen LogP contribution < -0.4 is 5.32 Å². The molecule has 0 atom stereocenters. The van der Waals surface area contributed by atoms with Crippen LogP contribution in [0.1, 0.15) is 32.3 Å². The van der Waals surface area contributed by atoms with Gasteiger partial charge >= 0.3 is 0 Å². The lowest BCUT2D eigenvalue weighted by Gasteiger charge is -2.31. The predicted octanol–water partition coefficient (Wildman–Crippen LogP) is 2.57. The first-order valence-corrected chi connectivity index (χ1v) is 5.93. The summed E-state index contributed by atoms with van der Waals surface area (Å²) in [5.41, 5.74) is 0.00767. The molecule has 0 unspecified atom stereocenters. The van der Waals surface area contributed by atoms with Gasteiger partial charge < -0.3 is 10.4 Å². The summed E-state index contributed by atoms with van der Waals surface area (Å²) in [7, 11) is 0. The van der Waals surface area contributed by atoms with E-state index in [1.165, 1.54) is 6.20 Å². The van der Waals surface area contributed by atoms with Gasteiger partial charge in [-0.05, 0) is 18.9 Å². The molecule has 5 heteroatoms. The van der Waals surface area contributed by atoms with Gasteiger partial charge in [0.1, 0.15) is 11.9 Å². The van der Waals surface area contributed by atoms with Crippen LogP contribution in [-0.2, 0) is 0 Å². The minimum atomic E-state index is -0.412. The Balaban J connectivity index is 2.99. The fraction of sp³-hybridized carbons (Fsp3) is 0.500. The number of aliphatic hydroxyl groups excluding tert-OH is 1. The molecule has 0 saturated heterocycles. The molecule has 1 heterocycles. The molecule has 2 N–H and O–H groups in total. The lowest BCUT2D eigenvalue weighted by atomic mass is 9.94. The first-order valence-electron chi connectivity index (χ1n) is 5.55. The normalized spacial score (nSPS) is 11.0. The summed E-state index contributed by atoms with van der Waals surface area (Å²) in [6.45, 7) is 3.99. The fourth-order valence-electron chi connectivity index (χ4n) is 1.53. The zero-order valence-corrected chi connectivity index (χ0v) is 10.8. The second kappa shape index (κ2) is 5.85. The number of hydrogen-bond acceptors (Lipinski definition) is 4. The van der Waals surface area contributed by atoms with Gasteiger partial charge in [-0.3, -0.25) is 0 Å². The van der Waals surface area contributed by atoms with E-state index in [2.05, 4.69) is 10.3 Å². The maximum Gasteiger partial charge on any atom is 0.145 e. The first kappa shape index (κ1) is 13.8. The average molecular weight is 254 g/mol. The Bertz CT molecular complexity index is 416. The van der Waals surface area contributed by atoms with Gasteiger partial charge in [-0.25, -0.2) is 4.98 Å². The summed E-state index contributed by atoms with van der Waals surface area (Å²) in [6.07, 6.45) is 2.98. The number of halogens is 1. The smallest absolute Gasteiger partial charge is 0.145 e. The summed E-state index contributed by atoms with van der Waals surface area (Å²) in [5, 5.41) is 21.7. The van der Waals surface area contributed by atoms with Crippen LogP contribution in [0.2, 0.25) is 5.02 Å². The molecule has 0 amide bonds. The molecule has 0 bridgehead atoms. The molecule has 1 rings (SSSR count). The summed E-state index contributed by atoms with van der Waals surface area (Å²) in [5.74, 6) is 0.503. The monoisotopic (exact) mass is 253 g/mol. The van der Waals surface area contributed by atoms with E-state index in [4.69, 9.17) is 16.9 Å². The number of hydrogen-bond donors (Lipinski definition) is 2. The fourth-order valence-corrected chi connectivity index (χ4v) is 1.75. The number of nitriles is 1. The van der Waals surface area contributed by atoms with Crippen molar-refractivity contribution in [1.29, 1.82) is 5.26 Å². The Kier molecular flexibility index (Phi) is 4.73. The van der Waals surface area contributed by atoms with Crippen LogP contribution in [0.15, 0.2) is 12.3 Å². The number of nitrogens with zero attached hydrogens (tertiary/aromatic N) is 2. The number of pyridine rings is 1. The van der Waals surface area contributed by atoms with E-state index in [0.717, 1.165) is 12.8 Å². The van der Waals surface area contributed by atoms with E-state index in [9.17, 15) is 5.11 Å². The summed E-state index contributed by atoms with van der Waals surface area (Å²) >= 11 is 6.03. The van der Waals surface area contributed by atoms with Crippen LogP contribution in [0.25, 0.3) is 0 Å². The minimum Gasteiger partial charge on any atom is -0.394 e. The third kappa shape index (κ3) is 3.09. The van der Waals surface area contributed by atoms with Gasteiger partial charge in [0.05, 0.1) is 22.7 Å². The van der Waals surface area contributed by atoms with E-state index < -0.39 is 5.54 Å². The zero-order valence-electron chi connectivity index (χ0n) is 10.00. The van der Waals surface area contributed by atoms with E-state index in [1.807, 2.05) is 19.9 Å². The van der Waals surface area contributed by atoms with E-state index in [1.54, 1.807) is 6.07 Å². The number of nitrogens with one attached hydrogen (secondary N) is 1. The van der Waals surface area contributed by atoms with Gasteiger partial charge in [-0.15, -0.1) is 0 Å². The molecule has 4 nitrogen and oxygen atoms in total. The van der Waals surface area contributed by atoms with Gasteiger partial charge in [0.2, 0.25) is 0 Å². The highest BCUT2D eigenvalue weighted by molar-refractivity contribution is 6.33. The minimum absolute atomic E-state index is 0.0119. The molecule has 0 fully saturated rings. The van der Waals surface area contributed by atoms with Crippen molar-refractivity contribution in [2.75, 3.05) is 11.9 Å². The third-order valence-corrected chi connectivity index (χ3v) is 3.30. The van der Waals surface area contributed by atoms with Crippen LogP contribution >= 0.6 is 11.6 Å². The average Bonchev–Trinajstić information content (AvgIpc) is 2.38. The molecule has 17 heavy (non-hydrogen) atoms. The van der Waals surface area contributed by atoms with Gasteiger partial charge in [0.25, 0.3) is 0 Å². The van der Waals surface area contributed by atoms with E-state index in [0.29, 0.717) is 16.4 Å². The Morgan fingerprint density at radius 1 is 1.53 bits per heavy atom. The maximum atomic E-state index is 9.44. The molecule has 0 aliphatic heterocycles. The van der Waals surface area contributed by atoms with Crippen LogP contribution in [0, 0.1) is 11.3 Å². The molecule has 0 aliphatic carbocycles. The molecule has 0 saturated carbocycles. The second-order valence-electron chi connectivity index (χ2n) is 3.94. The summed E-state index contributed by atoms with van der Waals surface area (Å²) in [4.78, 5) is 4.10. The van der Waals surface area contributed by atoms with Crippen molar-refractivity contribution in [3.05, 3.63) is 22.8 Å². The maximum absolute atomic E-state index is 9.44. The second-order valence-corrected chi connectivity index (χ2v) is 4.34. The van der Waals surface area contributed by atoms with Gasteiger partial charge in [0, 0.05) is 6.20 Å². The molecule has 92 valence electrons. The lowest BCUT2D eigenvalue weighted by Crippen LogP contribution is -2.41. The van der Waals surface area contributed by atoms with Crippen molar-refractivity contribution >= 4 is 17.4 Å². The standard InChI is InChI=1S/C12H16ClN3O/c1-3-12(4-2,8-17)16-11-10(13)5-9(6-14)7-15-11/h5,7,17H,3-4,8H2,1-2H3,(H,15,16). The highest BCUT2D eigenvalue weighted by Crippen LogP contribution is 2.26. The van der Waals surface area contributed by atoms with Gasteiger partial charge in [0.15, 0.2) is 0 Å². The molecule has 0 spiro atoms. The van der Waals surface area contributed by atoms with Crippen molar-refractivity contribution in [3.63, 3.8) is 0 Å². The van der Waals surface area contributed by atoms with Crippen molar-refractivity contribution in [2.24, 2.45) is 0 Å². The first-order chi connectivity index (χ1) is 8.10. The van der Waals surface area contributed by atoms with Crippen molar-refractivity contribution < 1.29 is 5.11 Å². The number of aliphatic hydroxyl groups is 1. The van der Waals surface area contributed by atoms with Crippen molar-refractivity contribution in [1.82, 2.24) is 4.98 Å². The third-order valence-electron chi connectivity index (χ3n) is 3.01. The van der Waals surface area contributed by atoms with Crippen LogP contribution in [-0.4, -0.2) is 22.2 Å². The van der Waals surface area contributed by atoms with E-state index >= 15 is 0 Å². The number of anilines is 1. The highest BCUT2D eigenvalue weighted by atomic mass is 35.5. The van der Waals surface area contributed by atoms with Gasteiger partial charge in [-0.1, -0.05) is 25.4 Å². The van der Waals surface area contributed by atoms with Gasteiger partial charge in [-0.2, -0.15) is 5.26 Å². The summed E-state index contributed by atoms with van der Waals surface area (Å²) in [6, 6.07) is 3.54. The predicted molar refractivity (Wildman–Crippen MR) is 68.0 cm³/mol. The topological polar surface area (TPSA) is 68.9 Å². The molecule has 0 radical (unpaired) electrons. The molecular formula is C12H16ClN3O. The van der Waals surface area contributed by atoms with Crippen molar-refractivity contribution in [3.8, 4) is 6.07 Å². The van der Waals surface area contributed by atoms with E-state index in [-0.39, 0.29) is 6.61 Å². The largest absolute Gasteiger partial charge is 0.394 e. The quantitative estimate of drug-likeness (QED) is 0.846. The highest BCUT2D eigenvalue weighted by Gasteiger charge is 2.26. The molecule has 1 aromatic heterocycles. The Hall–Kier alpha value is -1.31. The summed E-state index contributed by atoms with van der Waals surface area (Å²) < 4.78 is 0.